The molecule has 2 N–H and O–H groups in total. The van der Waals surface area contributed by atoms with Crippen LogP contribution in [0.15, 0.2) is 47.5 Å². The first-order chi connectivity index (χ1) is 15.5. The maximum absolute atomic E-state index is 6.00. The molecule has 2 aromatic rings. The average Bonchev–Trinajstić information content (AvgIpc) is 2.80. The van der Waals surface area contributed by atoms with Crippen LogP contribution in [0.1, 0.15) is 29.2 Å². The molecule has 33 heavy (non-hydrogen) atoms. The lowest BCUT2D eigenvalue weighted by molar-refractivity contribution is 0.171. The normalized spacial score (nSPS) is 12.2. The van der Waals surface area contributed by atoms with Gasteiger partial charge < -0.3 is 29.7 Å². The Kier molecular flexibility index (Phi) is 13.8. The van der Waals surface area contributed by atoms with Gasteiger partial charge in [0.2, 0.25) is 0 Å². The average molecular weight is 571 g/mol. The van der Waals surface area contributed by atoms with Crippen LogP contribution in [-0.4, -0.2) is 66.0 Å². The van der Waals surface area contributed by atoms with Crippen molar-refractivity contribution in [3.63, 3.8) is 0 Å². The first-order valence-corrected chi connectivity index (χ1v) is 10.9. The molecule has 0 amide bonds. The Morgan fingerprint density at radius 1 is 1.03 bits per heavy atom. The van der Waals surface area contributed by atoms with Crippen LogP contribution < -0.4 is 20.1 Å². The highest BCUT2D eigenvalue weighted by atomic mass is 127. The van der Waals surface area contributed by atoms with Gasteiger partial charge in [0.15, 0.2) is 5.96 Å². The Bertz CT molecular complexity index is 844. The number of benzene rings is 2. The van der Waals surface area contributed by atoms with Crippen LogP contribution >= 0.6 is 24.0 Å². The van der Waals surface area contributed by atoms with E-state index in [1.165, 1.54) is 11.1 Å². The van der Waals surface area contributed by atoms with Crippen molar-refractivity contribution in [2.24, 2.45) is 4.99 Å². The number of hydrogen-bond donors (Lipinski definition) is 2. The van der Waals surface area contributed by atoms with Crippen LogP contribution in [0.5, 0.6) is 11.5 Å². The second-order valence-corrected chi connectivity index (χ2v) is 7.87. The van der Waals surface area contributed by atoms with E-state index in [1.807, 2.05) is 12.1 Å². The van der Waals surface area contributed by atoms with Gasteiger partial charge in [-0.1, -0.05) is 24.3 Å². The van der Waals surface area contributed by atoms with Crippen LogP contribution in [0.25, 0.3) is 0 Å². The number of guanidine groups is 1. The molecule has 0 saturated carbocycles. The van der Waals surface area contributed by atoms with E-state index in [0.717, 1.165) is 29.4 Å². The van der Waals surface area contributed by atoms with Gasteiger partial charge in [-0.3, -0.25) is 4.99 Å². The molecule has 184 valence electrons. The van der Waals surface area contributed by atoms with Crippen molar-refractivity contribution in [2.75, 3.05) is 55.1 Å². The molecule has 0 radical (unpaired) electrons. The third-order valence-electron chi connectivity index (χ3n) is 5.23. The molecule has 0 aliphatic rings. The number of halogens is 1. The van der Waals surface area contributed by atoms with Gasteiger partial charge in [-0.2, -0.15) is 0 Å². The van der Waals surface area contributed by atoms with Crippen LogP contribution in [0.2, 0.25) is 0 Å². The van der Waals surface area contributed by atoms with E-state index in [2.05, 4.69) is 71.9 Å². The Balaban J connectivity index is 0.00000544. The lowest BCUT2D eigenvalue weighted by Crippen LogP contribution is -2.41. The molecule has 8 heteroatoms. The zero-order valence-electron chi connectivity index (χ0n) is 20.7. The Morgan fingerprint density at radius 3 is 2.36 bits per heavy atom. The first kappa shape index (κ1) is 29.0. The van der Waals surface area contributed by atoms with E-state index in [1.54, 1.807) is 21.3 Å². The van der Waals surface area contributed by atoms with E-state index >= 15 is 0 Å². The van der Waals surface area contributed by atoms with Crippen molar-refractivity contribution >= 4 is 29.9 Å². The fourth-order valence-corrected chi connectivity index (χ4v) is 3.35. The summed E-state index contributed by atoms with van der Waals surface area (Å²) in [5.74, 6) is 2.50. The number of methoxy groups -OCH3 is 2. The van der Waals surface area contributed by atoms with Crippen molar-refractivity contribution in [2.45, 2.75) is 25.9 Å². The molecule has 1 unspecified atom stereocenters. The van der Waals surface area contributed by atoms with Crippen molar-refractivity contribution in [3.8, 4) is 11.5 Å². The molecule has 2 aromatic carbocycles. The van der Waals surface area contributed by atoms with E-state index in [4.69, 9.17) is 14.2 Å². The zero-order chi connectivity index (χ0) is 23.3. The first-order valence-electron chi connectivity index (χ1n) is 10.9. The minimum absolute atomic E-state index is 0. The molecule has 1 atom stereocenters. The number of hydrogen-bond acceptors (Lipinski definition) is 5. The van der Waals surface area contributed by atoms with Gasteiger partial charge in [0.1, 0.15) is 11.5 Å². The summed E-state index contributed by atoms with van der Waals surface area (Å²) in [5.41, 5.74) is 3.48. The van der Waals surface area contributed by atoms with Crippen molar-refractivity contribution in [3.05, 3.63) is 59.2 Å². The standard InChI is InChI=1S/C25H38N4O3.HI/c1-19-8-9-21(24(16-19)32-15-7-14-30-5)17-27-25(26-2)28-18-23(29(3)4)20-10-12-22(31-6)13-11-20;/h8-13,16,23H,7,14-15,17-18H2,1-6H3,(H2,26,27,28);1H. The summed E-state index contributed by atoms with van der Waals surface area (Å²) < 4.78 is 16.4. The Labute approximate surface area is 215 Å². The number of nitrogens with one attached hydrogen (secondary N) is 2. The van der Waals surface area contributed by atoms with E-state index < -0.39 is 0 Å². The lowest BCUT2D eigenvalue weighted by atomic mass is 10.1. The van der Waals surface area contributed by atoms with Gasteiger partial charge in [0, 0.05) is 45.8 Å². The van der Waals surface area contributed by atoms with E-state index in [9.17, 15) is 0 Å². The fourth-order valence-electron chi connectivity index (χ4n) is 3.35. The number of nitrogens with zero attached hydrogens (tertiary/aromatic N) is 2. The SMILES string of the molecule is CN=C(NCc1ccc(C)cc1OCCCOC)NCC(c1ccc(OC)cc1)N(C)C.I. The summed E-state index contributed by atoms with van der Waals surface area (Å²) in [5, 5.41) is 6.85. The number of rotatable bonds is 12. The van der Waals surface area contributed by atoms with E-state index in [-0.39, 0.29) is 30.0 Å². The topological polar surface area (TPSA) is 67.4 Å². The molecular formula is C25H39IN4O3. The summed E-state index contributed by atoms with van der Waals surface area (Å²) >= 11 is 0. The van der Waals surface area contributed by atoms with Crippen LogP contribution in [-0.2, 0) is 11.3 Å². The van der Waals surface area contributed by atoms with Gasteiger partial charge >= 0.3 is 0 Å². The third kappa shape index (κ3) is 9.77. The summed E-state index contributed by atoms with van der Waals surface area (Å²) in [6, 6.07) is 14.6. The highest BCUT2D eigenvalue weighted by Crippen LogP contribution is 2.22. The second-order valence-electron chi connectivity index (χ2n) is 7.87. The minimum Gasteiger partial charge on any atom is -0.497 e. The summed E-state index contributed by atoms with van der Waals surface area (Å²) in [6.45, 7) is 4.73. The van der Waals surface area contributed by atoms with Crippen LogP contribution in [0.4, 0.5) is 0 Å². The summed E-state index contributed by atoms with van der Waals surface area (Å²) in [7, 11) is 9.32. The predicted octanol–water partition coefficient (Wildman–Crippen LogP) is 4.00. The maximum Gasteiger partial charge on any atom is 0.191 e. The van der Waals surface area contributed by atoms with Gasteiger partial charge in [-0.25, -0.2) is 0 Å². The third-order valence-corrected chi connectivity index (χ3v) is 5.23. The van der Waals surface area contributed by atoms with Crippen LogP contribution in [0.3, 0.4) is 0 Å². The largest absolute Gasteiger partial charge is 0.497 e. The second kappa shape index (κ2) is 15.7. The molecule has 2 rings (SSSR count). The van der Waals surface area contributed by atoms with Gasteiger partial charge in [0.05, 0.1) is 19.8 Å². The molecule has 0 saturated heterocycles. The molecule has 0 heterocycles. The number of ether oxygens (including phenoxy) is 3. The van der Waals surface area contributed by atoms with Gasteiger partial charge in [-0.05, 0) is 50.3 Å². The molecule has 0 spiro atoms. The molecule has 0 fully saturated rings. The van der Waals surface area contributed by atoms with Crippen molar-refractivity contribution in [1.82, 2.24) is 15.5 Å². The minimum atomic E-state index is 0. The zero-order valence-corrected chi connectivity index (χ0v) is 23.0. The Hall–Kier alpha value is -2.04. The molecular weight excluding hydrogens is 531 g/mol. The van der Waals surface area contributed by atoms with Gasteiger partial charge in [0.25, 0.3) is 0 Å². The molecule has 7 nitrogen and oxygen atoms in total. The molecule has 0 bridgehead atoms. The highest BCUT2D eigenvalue weighted by Gasteiger charge is 2.15. The molecule has 0 aromatic heterocycles. The smallest absolute Gasteiger partial charge is 0.191 e. The number of aliphatic imine (C=N–C) groups is 1. The highest BCUT2D eigenvalue weighted by molar-refractivity contribution is 14.0. The quantitative estimate of drug-likeness (QED) is 0.174. The van der Waals surface area contributed by atoms with E-state index in [0.29, 0.717) is 26.3 Å². The molecule has 0 aliphatic heterocycles. The Morgan fingerprint density at radius 2 is 1.76 bits per heavy atom. The fraction of sp³-hybridized carbons (Fsp3) is 0.480. The lowest BCUT2D eigenvalue weighted by Gasteiger charge is -2.26. The monoisotopic (exact) mass is 570 g/mol. The van der Waals surface area contributed by atoms with Crippen molar-refractivity contribution in [1.29, 1.82) is 0 Å². The maximum atomic E-state index is 6.00. The van der Waals surface area contributed by atoms with Crippen molar-refractivity contribution < 1.29 is 14.2 Å². The van der Waals surface area contributed by atoms with Gasteiger partial charge in [-0.15, -0.1) is 24.0 Å². The van der Waals surface area contributed by atoms with Crippen LogP contribution in [0, 0.1) is 6.92 Å². The summed E-state index contributed by atoms with van der Waals surface area (Å²) in [4.78, 5) is 6.58. The summed E-state index contributed by atoms with van der Waals surface area (Å²) in [6.07, 6.45) is 0.859. The number of likely N-dealkylation sites (N-methyl/N-ethyl adjacent to an activating group) is 1. The predicted molar refractivity (Wildman–Crippen MR) is 146 cm³/mol. The number of aryl methyl sites for hydroxylation is 1. The molecule has 0 aliphatic carbocycles.